The predicted molar refractivity (Wildman–Crippen MR) is 142 cm³/mol. The van der Waals surface area contributed by atoms with E-state index in [2.05, 4.69) is 21.3 Å². The van der Waals surface area contributed by atoms with Crippen molar-refractivity contribution in [2.75, 3.05) is 25.0 Å². The normalized spacial score (nSPS) is 10.3. The molecule has 9 nitrogen and oxygen atoms in total. The van der Waals surface area contributed by atoms with E-state index in [1.54, 1.807) is 30.3 Å². The molecule has 0 aromatic heterocycles. The summed E-state index contributed by atoms with van der Waals surface area (Å²) in [4.78, 5) is 36.9. The number of carbonyl (C=O) groups is 3. The van der Waals surface area contributed by atoms with Gasteiger partial charge in [0.25, 0.3) is 11.8 Å². The molecule has 0 fully saturated rings. The highest BCUT2D eigenvalue weighted by Gasteiger charge is 2.16. The molecular weight excluding hydrogens is 503 g/mol. The molecule has 0 bridgehead atoms. The topological polar surface area (TPSA) is 149 Å². The molecule has 36 heavy (non-hydrogen) atoms. The number of nitrogens with two attached hydrogens (primary N) is 1. The zero-order valence-electron chi connectivity index (χ0n) is 19.0. The summed E-state index contributed by atoms with van der Waals surface area (Å²) in [7, 11) is 0. The molecule has 7 N–H and O–H groups in total. The lowest BCUT2D eigenvalue weighted by molar-refractivity contribution is -0.120. The fraction of sp³-hybridized carbons (Fsp3) is 0.120. The molecule has 0 radical (unpaired) electrons. The number of hydrogen-bond donors (Lipinski definition) is 6. The monoisotopic (exact) mass is 526 g/mol. The fourth-order valence-corrected chi connectivity index (χ4v) is 3.93. The average Bonchev–Trinajstić information content (AvgIpc) is 2.85. The molecule has 0 heterocycles. The van der Waals surface area contributed by atoms with E-state index in [9.17, 15) is 14.4 Å². The highest BCUT2D eigenvalue weighted by Crippen LogP contribution is 2.31. The first-order chi connectivity index (χ1) is 17.2. The molecule has 3 aromatic carbocycles. The molecule has 186 valence electrons. The summed E-state index contributed by atoms with van der Waals surface area (Å²) in [5, 5.41) is 18.0. The van der Waals surface area contributed by atoms with Gasteiger partial charge in [0.2, 0.25) is 5.91 Å². The summed E-state index contributed by atoms with van der Waals surface area (Å²) >= 11 is 12.6. The first-order valence-corrected chi connectivity index (χ1v) is 11.6. The van der Waals surface area contributed by atoms with Crippen molar-refractivity contribution in [2.45, 2.75) is 0 Å². The van der Waals surface area contributed by atoms with E-state index in [1.165, 1.54) is 6.07 Å². The summed E-state index contributed by atoms with van der Waals surface area (Å²) < 4.78 is 0. The Hall–Kier alpha value is -4.08. The van der Waals surface area contributed by atoms with Crippen LogP contribution in [0.4, 0.5) is 5.69 Å². The summed E-state index contributed by atoms with van der Waals surface area (Å²) in [6, 6.07) is 19.2. The lowest BCUT2D eigenvalue weighted by Gasteiger charge is -2.12. The molecule has 0 saturated heterocycles. The summed E-state index contributed by atoms with van der Waals surface area (Å²) in [5.41, 5.74) is 7.92. The van der Waals surface area contributed by atoms with Crippen LogP contribution in [0.5, 0.6) is 0 Å². The number of benzene rings is 3. The van der Waals surface area contributed by atoms with Crippen LogP contribution in [0.2, 0.25) is 10.0 Å². The van der Waals surface area contributed by atoms with Gasteiger partial charge in [-0.1, -0.05) is 59.6 Å². The van der Waals surface area contributed by atoms with Crippen LogP contribution in [0.1, 0.15) is 20.7 Å². The zero-order valence-corrected chi connectivity index (χ0v) is 20.5. The highest BCUT2D eigenvalue weighted by molar-refractivity contribution is 6.40. The minimum absolute atomic E-state index is 0.129. The van der Waals surface area contributed by atoms with Crippen LogP contribution in [0.3, 0.4) is 0 Å². The van der Waals surface area contributed by atoms with Gasteiger partial charge in [-0.25, -0.2) is 0 Å². The number of amides is 3. The Kier molecular flexibility index (Phi) is 9.26. The van der Waals surface area contributed by atoms with Gasteiger partial charge in [-0.05, 0) is 41.5 Å². The Labute approximate surface area is 217 Å². The van der Waals surface area contributed by atoms with Crippen LogP contribution < -0.4 is 27.0 Å². The lowest BCUT2D eigenvalue weighted by Crippen LogP contribution is -2.40. The van der Waals surface area contributed by atoms with Crippen molar-refractivity contribution >= 4 is 52.6 Å². The van der Waals surface area contributed by atoms with Gasteiger partial charge >= 0.3 is 0 Å². The third kappa shape index (κ3) is 7.46. The van der Waals surface area contributed by atoms with Gasteiger partial charge in [-0.2, -0.15) is 0 Å². The first kappa shape index (κ1) is 26.5. The molecule has 0 spiro atoms. The Morgan fingerprint density at radius 3 is 2.11 bits per heavy atom. The van der Waals surface area contributed by atoms with Crippen molar-refractivity contribution in [3.8, 4) is 11.1 Å². The summed E-state index contributed by atoms with van der Waals surface area (Å²) in [6.07, 6.45) is 0. The third-order valence-corrected chi connectivity index (χ3v) is 5.52. The number of halogens is 2. The van der Waals surface area contributed by atoms with Crippen molar-refractivity contribution < 1.29 is 14.4 Å². The lowest BCUT2D eigenvalue weighted by atomic mass is 10.0. The SMILES string of the molecule is N=C(N)Nc1cccc(C(=O)NCC(=O)NCCNC(=O)c2c(Cl)cc(-c3ccccc3)cc2Cl)c1. The van der Waals surface area contributed by atoms with Crippen molar-refractivity contribution in [2.24, 2.45) is 5.73 Å². The number of guanidine groups is 1. The second-order valence-corrected chi connectivity index (χ2v) is 8.40. The van der Waals surface area contributed by atoms with Gasteiger partial charge in [-0.15, -0.1) is 0 Å². The second-order valence-electron chi connectivity index (χ2n) is 7.59. The molecule has 0 saturated carbocycles. The van der Waals surface area contributed by atoms with Crippen LogP contribution in [-0.4, -0.2) is 43.3 Å². The molecule has 11 heteroatoms. The molecule has 3 rings (SSSR count). The molecule has 0 aliphatic carbocycles. The quantitative estimate of drug-likeness (QED) is 0.144. The Morgan fingerprint density at radius 2 is 1.44 bits per heavy atom. The van der Waals surface area contributed by atoms with Gasteiger partial charge in [0.1, 0.15) is 0 Å². The molecule has 0 aliphatic heterocycles. The van der Waals surface area contributed by atoms with Crippen molar-refractivity contribution in [3.63, 3.8) is 0 Å². The maximum Gasteiger partial charge on any atom is 0.254 e. The van der Waals surface area contributed by atoms with E-state index in [0.717, 1.165) is 11.1 Å². The Bertz CT molecular complexity index is 1260. The van der Waals surface area contributed by atoms with E-state index >= 15 is 0 Å². The maximum absolute atomic E-state index is 12.6. The van der Waals surface area contributed by atoms with E-state index < -0.39 is 17.7 Å². The molecule has 0 unspecified atom stereocenters. The predicted octanol–water partition coefficient (Wildman–Crippen LogP) is 3.24. The van der Waals surface area contributed by atoms with Crippen LogP contribution >= 0.6 is 23.2 Å². The fourth-order valence-electron chi connectivity index (χ4n) is 3.27. The zero-order chi connectivity index (χ0) is 26.1. The van der Waals surface area contributed by atoms with Crippen LogP contribution in [0.15, 0.2) is 66.7 Å². The molecule has 3 aromatic rings. The smallest absolute Gasteiger partial charge is 0.254 e. The number of nitrogens with one attached hydrogen (secondary N) is 5. The van der Waals surface area contributed by atoms with Crippen LogP contribution in [-0.2, 0) is 4.79 Å². The van der Waals surface area contributed by atoms with E-state index in [0.29, 0.717) is 11.3 Å². The van der Waals surface area contributed by atoms with Gasteiger partial charge in [0, 0.05) is 24.3 Å². The molecule has 0 atom stereocenters. The third-order valence-electron chi connectivity index (χ3n) is 4.92. The minimum Gasteiger partial charge on any atom is -0.370 e. The molecule has 0 aliphatic rings. The Balaban J connectivity index is 1.44. The van der Waals surface area contributed by atoms with Crippen LogP contribution in [0.25, 0.3) is 11.1 Å². The van der Waals surface area contributed by atoms with Gasteiger partial charge in [0.05, 0.1) is 22.2 Å². The Morgan fingerprint density at radius 1 is 0.778 bits per heavy atom. The number of carbonyl (C=O) groups excluding carboxylic acids is 3. The number of rotatable bonds is 9. The highest BCUT2D eigenvalue weighted by atomic mass is 35.5. The summed E-state index contributed by atoms with van der Waals surface area (Å²) in [5.74, 6) is -1.62. The van der Waals surface area contributed by atoms with Gasteiger partial charge < -0.3 is 27.0 Å². The largest absolute Gasteiger partial charge is 0.370 e. The first-order valence-electron chi connectivity index (χ1n) is 10.8. The van der Waals surface area contributed by atoms with E-state index in [-0.39, 0.29) is 41.2 Å². The van der Waals surface area contributed by atoms with Crippen LogP contribution in [0, 0.1) is 5.41 Å². The number of hydrogen-bond acceptors (Lipinski definition) is 4. The average molecular weight is 527 g/mol. The van der Waals surface area contributed by atoms with Crippen molar-refractivity contribution in [3.05, 3.63) is 87.9 Å². The van der Waals surface area contributed by atoms with Gasteiger partial charge in [0.15, 0.2) is 5.96 Å². The van der Waals surface area contributed by atoms with Gasteiger partial charge in [-0.3, -0.25) is 19.8 Å². The van der Waals surface area contributed by atoms with Crippen molar-refractivity contribution in [1.29, 1.82) is 5.41 Å². The number of anilines is 1. The van der Waals surface area contributed by atoms with E-state index in [1.807, 2.05) is 30.3 Å². The second kappa shape index (κ2) is 12.6. The van der Waals surface area contributed by atoms with E-state index in [4.69, 9.17) is 34.3 Å². The minimum atomic E-state index is -0.466. The molecule has 3 amide bonds. The molecular formula is C25H24Cl2N6O3. The summed E-state index contributed by atoms with van der Waals surface area (Å²) in [6.45, 7) is 0.00984. The standard InChI is InChI=1S/C25H24Cl2N6O3/c26-19-12-17(15-5-2-1-3-6-15)13-20(27)22(19)24(36)31-10-9-30-21(34)14-32-23(35)16-7-4-8-18(11-16)33-25(28)29/h1-8,11-13H,9-10,14H2,(H,30,34)(H,31,36)(H,32,35)(H4,28,29,33). The van der Waals surface area contributed by atoms with Crippen molar-refractivity contribution in [1.82, 2.24) is 16.0 Å². The maximum atomic E-state index is 12.6.